The molecule has 0 heterocycles. The van der Waals surface area contributed by atoms with Crippen LogP contribution in [0.2, 0.25) is 0 Å². The molecule has 81 heavy (non-hydrogen) atoms. The SMILES string of the molecule is Cc1cccc(N(c2cccc(C3(c4ccccc4)c4ccccc4-c4ccccc43)c2)c2ccc3ccc4c(N(c5ccccc5)c5cccc(C6(c7ccccc7)c7ccccc7-c7ccccc76)c5)ccc5ccc2c3c54)c1. The van der Waals surface area contributed by atoms with Crippen LogP contribution in [0.4, 0.5) is 34.1 Å². The fraction of sp³-hybridized carbons (Fsp3) is 0.0380. The van der Waals surface area contributed by atoms with Crippen LogP contribution >= 0.6 is 0 Å². The Kier molecular flexibility index (Phi) is 10.6. The van der Waals surface area contributed by atoms with Gasteiger partial charge in [0.05, 0.1) is 22.2 Å². The first kappa shape index (κ1) is 46.8. The summed E-state index contributed by atoms with van der Waals surface area (Å²) in [6.07, 6.45) is 0. The normalized spacial score (nSPS) is 13.4. The number of hydrogen-bond donors (Lipinski definition) is 0. The van der Waals surface area contributed by atoms with Gasteiger partial charge in [0.2, 0.25) is 0 Å². The summed E-state index contributed by atoms with van der Waals surface area (Å²) in [5.74, 6) is 0. The summed E-state index contributed by atoms with van der Waals surface area (Å²) in [5.41, 5.74) is 22.1. The van der Waals surface area contributed by atoms with Crippen LogP contribution < -0.4 is 9.80 Å². The van der Waals surface area contributed by atoms with Gasteiger partial charge in [-0.25, -0.2) is 0 Å². The summed E-state index contributed by atoms with van der Waals surface area (Å²) in [5, 5.41) is 7.31. The van der Waals surface area contributed by atoms with Gasteiger partial charge in [0, 0.05) is 33.5 Å². The molecule has 0 aromatic heterocycles. The first-order chi connectivity index (χ1) is 40.1. The molecule has 0 radical (unpaired) electrons. The number of hydrogen-bond acceptors (Lipinski definition) is 2. The number of rotatable bonds is 10. The van der Waals surface area contributed by atoms with Crippen molar-refractivity contribution in [1.29, 1.82) is 0 Å². The molecule has 0 amide bonds. The van der Waals surface area contributed by atoms with Crippen molar-refractivity contribution < 1.29 is 0 Å². The monoisotopic (exact) mass is 1030 g/mol. The van der Waals surface area contributed by atoms with Crippen LogP contribution in [0.5, 0.6) is 0 Å². The van der Waals surface area contributed by atoms with Gasteiger partial charge in [0.25, 0.3) is 0 Å². The largest absolute Gasteiger partial charge is 0.310 e. The van der Waals surface area contributed by atoms with Crippen LogP contribution in [0.1, 0.15) is 50.1 Å². The Labute approximate surface area is 473 Å². The zero-order valence-corrected chi connectivity index (χ0v) is 44.8. The van der Waals surface area contributed by atoms with Gasteiger partial charge in [-0.15, -0.1) is 0 Å². The molecule has 0 fully saturated rings. The molecule has 0 unspecified atom stereocenters. The highest BCUT2D eigenvalue weighted by Crippen LogP contribution is 2.59. The Bertz CT molecular complexity index is 4640. The Morgan fingerprint density at radius 1 is 0.247 bits per heavy atom. The maximum atomic E-state index is 2.50. The van der Waals surface area contributed by atoms with E-state index in [0.717, 1.165) is 34.1 Å². The summed E-state index contributed by atoms with van der Waals surface area (Å²) in [6, 6.07) is 116. The van der Waals surface area contributed by atoms with Crippen molar-refractivity contribution in [3.8, 4) is 22.3 Å². The summed E-state index contributed by atoms with van der Waals surface area (Å²) >= 11 is 0. The predicted octanol–water partition coefficient (Wildman–Crippen LogP) is 20.6. The van der Waals surface area contributed by atoms with E-state index in [4.69, 9.17) is 0 Å². The molecule has 2 aliphatic carbocycles. The van der Waals surface area contributed by atoms with E-state index in [1.165, 1.54) is 105 Å². The number of anilines is 6. The zero-order chi connectivity index (χ0) is 53.7. The summed E-state index contributed by atoms with van der Waals surface area (Å²) < 4.78 is 0. The first-order valence-electron chi connectivity index (χ1n) is 28.2. The zero-order valence-electron chi connectivity index (χ0n) is 44.8. The molecule has 0 atom stereocenters. The highest BCUT2D eigenvalue weighted by molar-refractivity contribution is 6.28. The second kappa shape index (κ2) is 18.4. The molecule has 0 N–H and O–H groups in total. The van der Waals surface area contributed by atoms with E-state index in [0.29, 0.717) is 0 Å². The minimum atomic E-state index is -0.542. The predicted molar refractivity (Wildman–Crippen MR) is 339 cm³/mol. The second-order valence-corrected chi connectivity index (χ2v) is 22.0. The number of benzene rings is 14. The fourth-order valence-corrected chi connectivity index (χ4v) is 14.5. The summed E-state index contributed by atoms with van der Waals surface area (Å²) in [7, 11) is 0. The van der Waals surface area contributed by atoms with E-state index in [1.54, 1.807) is 0 Å². The van der Waals surface area contributed by atoms with Crippen LogP contribution in [0.3, 0.4) is 0 Å². The molecule has 16 rings (SSSR count). The number of fused-ring (bicyclic) bond motifs is 6. The molecule has 380 valence electrons. The fourth-order valence-electron chi connectivity index (χ4n) is 14.5. The summed E-state index contributed by atoms with van der Waals surface area (Å²) in [6.45, 7) is 2.20. The Balaban J connectivity index is 0.904. The van der Waals surface area contributed by atoms with E-state index >= 15 is 0 Å². The van der Waals surface area contributed by atoms with Crippen molar-refractivity contribution in [3.05, 3.63) is 359 Å². The molecular formula is C79H54N2. The molecule has 2 nitrogen and oxygen atoms in total. The standard InChI is InChI=1S/C79H54N2/c1-53-22-19-31-61(50-53)81(63-33-21-28-59(52-63)79(57-25-7-3-8-26-57)72-40-17-13-36-66(72)67-37-14-18-41-73(67)79)75-49-45-55-42-46-68-74(48-44-54-43-47-69(75)77(55)76(54)68)80(60-29-9-4-10-30-60)62-32-20-27-58(51-62)78(56-23-5-2-6-24-56)70-38-15-11-34-64(70)65-35-12-16-39-71(65)78/h2-52H,1H3. The minimum Gasteiger partial charge on any atom is -0.310 e. The van der Waals surface area contributed by atoms with E-state index in [2.05, 4.69) is 326 Å². The molecule has 14 aromatic carbocycles. The average molecular weight is 1030 g/mol. The Hall–Kier alpha value is -10.3. The highest BCUT2D eigenvalue weighted by Gasteiger charge is 2.47. The highest BCUT2D eigenvalue weighted by atomic mass is 15.2. The molecule has 14 aromatic rings. The second-order valence-electron chi connectivity index (χ2n) is 22.0. The van der Waals surface area contributed by atoms with E-state index in [-0.39, 0.29) is 0 Å². The Morgan fingerprint density at radius 2 is 0.568 bits per heavy atom. The minimum absolute atomic E-state index is 0.539. The van der Waals surface area contributed by atoms with Gasteiger partial charge in [-0.3, -0.25) is 0 Å². The van der Waals surface area contributed by atoms with Crippen molar-refractivity contribution in [2.45, 2.75) is 17.8 Å². The summed E-state index contributed by atoms with van der Waals surface area (Å²) in [4.78, 5) is 4.98. The van der Waals surface area contributed by atoms with Gasteiger partial charge in [-0.05, 0) is 161 Å². The third-order valence-corrected chi connectivity index (χ3v) is 17.8. The van der Waals surface area contributed by atoms with Crippen LogP contribution in [0, 0.1) is 6.92 Å². The molecule has 2 aliphatic rings. The van der Waals surface area contributed by atoms with E-state index in [1.807, 2.05) is 0 Å². The van der Waals surface area contributed by atoms with Gasteiger partial charge < -0.3 is 9.80 Å². The molecule has 0 saturated carbocycles. The van der Waals surface area contributed by atoms with Crippen LogP contribution in [0.15, 0.2) is 309 Å². The molecule has 2 heteroatoms. The lowest BCUT2D eigenvalue weighted by molar-refractivity contribution is 0.768. The van der Waals surface area contributed by atoms with Crippen LogP contribution in [0.25, 0.3) is 54.6 Å². The maximum Gasteiger partial charge on any atom is 0.0714 e. The van der Waals surface area contributed by atoms with E-state index < -0.39 is 10.8 Å². The van der Waals surface area contributed by atoms with E-state index in [9.17, 15) is 0 Å². The third-order valence-electron chi connectivity index (χ3n) is 17.8. The van der Waals surface area contributed by atoms with Crippen molar-refractivity contribution in [2.24, 2.45) is 0 Å². The van der Waals surface area contributed by atoms with Crippen molar-refractivity contribution in [1.82, 2.24) is 0 Å². The Morgan fingerprint density at radius 3 is 0.988 bits per heavy atom. The number of aryl methyl sites for hydroxylation is 1. The lowest BCUT2D eigenvalue weighted by atomic mass is 9.67. The van der Waals surface area contributed by atoms with Crippen LogP contribution in [-0.2, 0) is 10.8 Å². The molecular weight excluding hydrogens is 977 g/mol. The van der Waals surface area contributed by atoms with Gasteiger partial charge >= 0.3 is 0 Å². The maximum absolute atomic E-state index is 2.50. The molecule has 0 spiro atoms. The van der Waals surface area contributed by atoms with Gasteiger partial charge in [0.1, 0.15) is 0 Å². The molecule has 0 saturated heterocycles. The van der Waals surface area contributed by atoms with Gasteiger partial charge in [-0.1, -0.05) is 249 Å². The van der Waals surface area contributed by atoms with Gasteiger partial charge in [0.15, 0.2) is 0 Å². The topological polar surface area (TPSA) is 6.48 Å². The smallest absolute Gasteiger partial charge is 0.0714 e. The average Bonchev–Trinajstić information content (AvgIpc) is 2.88. The molecule has 0 bridgehead atoms. The van der Waals surface area contributed by atoms with Crippen molar-refractivity contribution in [3.63, 3.8) is 0 Å². The first-order valence-corrected chi connectivity index (χ1v) is 28.2. The van der Waals surface area contributed by atoms with Crippen molar-refractivity contribution in [2.75, 3.05) is 9.80 Å². The number of nitrogens with zero attached hydrogens (tertiary/aromatic N) is 2. The number of para-hydroxylation sites is 1. The third kappa shape index (κ3) is 6.87. The van der Waals surface area contributed by atoms with Crippen LogP contribution in [-0.4, -0.2) is 0 Å². The quantitative estimate of drug-likeness (QED) is 0.126. The van der Waals surface area contributed by atoms with Crippen molar-refractivity contribution >= 4 is 66.4 Å². The lowest BCUT2D eigenvalue weighted by Gasteiger charge is -2.35. The lowest BCUT2D eigenvalue weighted by Crippen LogP contribution is -2.28. The van der Waals surface area contributed by atoms with Gasteiger partial charge in [-0.2, -0.15) is 0 Å². The molecule has 0 aliphatic heterocycles.